The van der Waals surface area contributed by atoms with Gasteiger partial charge < -0.3 is 10.3 Å². The van der Waals surface area contributed by atoms with E-state index in [1.165, 1.54) is 12.1 Å². The molecular weight excluding hydrogens is 232 g/mol. The van der Waals surface area contributed by atoms with Gasteiger partial charge in [-0.15, -0.1) is 0 Å². The summed E-state index contributed by atoms with van der Waals surface area (Å²) in [6, 6.07) is 5.06. The van der Waals surface area contributed by atoms with Crippen LogP contribution in [0.4, 0.5) is 11.6 Å². The summed E-state index contributed by atoms with van der Waals surface area (Å²) in [5, 5.41) is 14.0. The topological polar surface area (TPSA) is 83.8 Å². The van der Waals surface area contributed by atoms with Gasteiger partial charge in [0, 0.05) is 18.2 Å². The van der Waals surface area contributed by atoms with Crippen molar-refractivity contribution in [1.29, 1.82) is 0 Å². The van der Waals surface area contributed by atoms with Crippen molar-refractivity contribution in [2.45, 2.75) is 26.3 Å². The van der Waals surface area contributed by atoms with Crippen LogP contribution in [0.5, 0.6) is 0 Å². The Labute approximate surface area is 104 Å². The first-order chi connectivity index (χ1) is 8.45. The summed E-state index contributed by atoms with van der Waals surface area (Å²) >= 11 is 0. The molecule has 1 aliphatic rings. The number of aromatic amines is 1. The summed E-state index contributed by atoms with van der Waals surface area (Å²) in [6.45, 7) is 4.39. The van der Waals surface area contributed by atoms with Gasteiger partial charge in [0.1, 0.15) is 0 Å². The number of hydrogen-bond donors (Lipinski definition) is 2. The van der Waals surface area contributed by atoms with E-state index in [9.17, 15) is 10.1 Å². The average molecular weight is 246 g/mol. The Hall–Kier alpha value is -2.11. The number of hydrogen-bond acceptors (Lipinski definition) is 4. The first-order valence-corrected chi connectivity index (χ1v) is 5.86. The first-order valence-electron chi connectivity index (χ1n) is 5.86. The molecule has 1 aromatic heterocycles. The molecule has 1 fully saturated rings. The number of nitrogens with one attached hydrogen (secondary N) is 2. The molecule has 1 aromatic carbocycles. The molecule has 6 heteroatoms. The van der Waals surface area contributed by atoms with Gasteiger partial charge in [0.15, 0.2) is 0 Å². The largest absolute Gasteiger partial charge is 0.353 e. The lowest BCUT2D eigenvalue weighted by molar-refractivity contribution is -0.384. The highest BCUT2D eigenvalue weighted by atomic mass is 16.6. The van der Waals surface area contributed by atoms with Gasteiger partial charge in [0.25, 0.3) is 5.69 Å². The Bertz CT molecular complexity index is 632. The molecule has 1 atom stereocenters. The number of nitro groups is 1. The second kappa shape index (κ2) is 3.44. The highest BCUT2D eigenvalue weighted by Crippen LogP contribution is 2.46. The molecule has 0 amide bonds. The Balaban J connectivity index is 1.89. The zero-order valence-electron chi connectivity index (χ0n) is 10.2. The number of imidazole rings is 1. The van der Waals surface area contributed by atoms with Gasteiger partial charge in [-0.05, 0) is 17.9 Å². The number of benzene rings is 1. The normalized spacial score (nSPS) is 20.9. The molecule has 0 bridgehead atoms. The molecule has 0 aliphatic heterocycles. The minimum absolute atomic E-state index is 0.0736. The van der Waals surface area contributed by atoms with Gasteiger partial charge in [-0.1, -0.05) is 13.8 Å². The molecule has 0 saturated heterocycles. The molecule has 3 rings (SSSR count). The number of H-pyrrole nitrogens is 1. The van der Waals surface area contributed by atoms with Crippen molar-refractivity contribution in [1.82, 2.24) is 9.97 Å². The van der Waals surface area contributed by atoms with Gasteiger partial charge in [0.2, 0.25) is 5.95 Å². The maximum absolute atomic E-state index is 10.7. The van der Waals surface area contributed by atoms with E-state index in [0.29, 0.717) is 22.9 Å². The van der Waals surface area contributed by atoms with Crippen molar-refractivity contribution in [3.63, 3.8) is 0 Å². The Morgan fingerprint density at radius 3 is 2.89 bits per heavy atom. The zero-order chi connectivity index (χ0) is 12.9. The van der Waals surface area contributed by atoms with Crippen molar-refractivity contribution in [2.75, 3.05) is 5.32 Å². The van der Waals surface area contributed by atoms with Crippen LogP contribution < -0.4 is 5.32 Å². The summed E-state index contributed by atoms with van der Waals surface area (Å²) in [6.07, 6.45) is 1.12. The van der Waals surface area contributed by atoms with Crippen molar-refractivity contribution in [2.24, 2.45) is 5.41 Å². The lowest BCUT2D eigenvalue weighted by atomic mass is 10.2. The lowest BCUT2D eigenvalue weighted by Gasteiger charge is -2.03. The van der Waals surface area contributed by atoms with Crippen molar-refractivity contribution < 1.29 is 4.92 Å². The van der Waals surface area contributed by atoms with E-state index in [1.54, 1.807) is 6.07 Å². The van der Waals surface area contributed by atoms with Crippen LogP contribution >= 0.6 is 0 Å². The molecular formula is C12H14N4O2. The third-order valence-corrected chi connectivity index (χ3v) is 3.50. The number of rotatable bonds is 3. The molecule has 1 unspecified atom stereocenters. The zero-order valence-corrected chi connectivity index (χ0v) is 10.2. The SMILES string of the molecule is CC1(C)CC1Nc1nc2ccc([N+](=O)[O-])cc2[nH]1. The molecule has 6 nitrogen and oxygen atoms in total. The van der Waals surface area contributed by atoms with Gasteiger partial charge in [-0.2, -0.15) is 0 Å². The molecule has 0 radical (unpaired) electrons. The maximum atomic E-state index is 10.7. The fraction of sp³-hybridized carbons (Fsp3) is 0.417. The van der Waals surface area contributed by atoms with E-state index in [-0.39, 0.29) is 5.69 Å². The second-order valence-corrected chi connectivity index (χ2v) is 5.43. The van der Waals surface area contributed by atoms with E-state index >= 15 is 0 Å². The summed E-state index contributed by atoms with van der Waals surface area (Å²) in [4.78, 5) is 17.7. The number of aromatic nitrogens is 2. The maximum Gasteiger partial charge on any atom is 0.271 e. The van der Waals surface area contributed by atoms with Gasteiger partial charge in [0.05, 0.1) is 16.0 Å². The minimum Gasteiger partial charge on any atom is -0.353 e. The number of non-ortho nitro benzene ring substituents is 1. The minimum atomic E-state index is -0.405. The summed E-state index contributed by atoms with van der Waals surface area (Å²) in [7, 11) is 0. The predicted octanol–water partition coefficient (Wildman–Crippen LogP) is 2.68. The Morgan fingerprint density at radius 2 is 2.28 bits per heavy atom. The van der Waals surface area contributed by atoms with Crippen LogP contribution in [0.1, 0.15) is 20.3 Å². The third kappa shape index (κ3) is 1.79. The predicted molar refractivity (Wildman–Crippen MR) is 68.6 cm³/mol. The van der Waals surface area contributed by atoms with E-state index in [1.807, 2.05) is 0 Å². The summed E-state index contributed by atoms with van der Waals surface area (Å²) < 4.78 is 0. The standard InChI is InChI=1S/C12H14N4O2/c1-12(2)6-10(12)15-11-13-8-4-3-7(16(17)18)5-9(8)14-11/h3-5,10H,6H2,1-2H3,(H2,13,14,15). The Morgan fingerprint density at radius 1 is 1.56 bits per heavy atom. The van der Waals surface area contributed by atoms with Gasteiger partial charge >= 0.3 is 0 Å². The van der Waals surface area contributed by atoms with Crippen LogP contribution in [0.3, 0.4) is 0 Å². The lowest BCUT2D eigenvalue weighted by Crippen LogP contribution is -2.09. The van der Waals surface area contributed by atoms with Crippen molar-refractivity contribution in [3.8, 4) is 0 Å². The van der Waals surface area contributed by atoms with Crippen molar-refractivity contribution >= 4 is 22.7 Å². The quantitative estimate of drug-likeness (QED) is 0.644. The number of nitrogens with zero attached hydrogens (tertiary/aromatic N) is 2. The van der Waals surface area contributed by atoms with Crippen LogP contribution in [0, 0.1) is 15.5 Å². The highest BCUT2D eigenvalue weighted by Gasteiger charge is 2.46. The molecule has 18 heavy (non-hydrogen) atoms. The van der Waals surface area contributed by atoms with Crippen LogP contribution in [-0.2, 0) is 0 Å². The van der Waals surface area contributed by atoms with Crippen LogP contribution in [0.25, 0.3) is 11.0 Å². The number of anilines is 1. The van der Waals surface area contributed by atoms with E-state index in [4.69, 9.17) is 0 Å². The fourth-order valence-electron chi connectivity index (χ4n) is 2.06. The van der Waals surface area contributed by atoms with E-state index < -0.39 is 4.92 Å². The Kier molecular flexibility index (Phi) is 2.10. The van der Waals surface area contributed by atoms with Crippen LogP contribution in [0.2, 0.25) is 0 Å². The van der Waals surface area contributed by atoms with Crippen LogP contribution in [-0.4, -0.2) is 20.9 Å². The molecule has 2 N–H and O–H groups in total. The smallest absolute Gasteiger partial charge is 0.271 e. The molecule has 2 aromatic rings. The molecule has 94 valence electrons. The van der Waals surface area contributed by atoms with Gasteiger partial charge in [-0.25, -0.2) is 4.98 Å². The number of fused-ring (bicyclic) bond motifs is 1. The molecule has 1 saturated carbocycles. The fourth-order valence-corrected chi connectivity index (χ4v) is 2.06. The van der Waals surface area contributed by atoms with Crippen LogP contribution in [0.15, 0.2) is 18.2 Å². The third-order valence-electron chi connectivity index (χ3n) is 3.50. The summed E-state index contributed by atoms with van der Waals surface area (Å²) in [5.41, 5.74) is 1.81. The number of nitro benzene ring substituents is 1. The van der Waals surface area contributed by atoms with E-state index in [2.05, 4.69) is 29.1 Å². The highest BCUT2D eigenvalue weighted by molar-refractivity contribution is 5.80. The second-order valence-electron chi connectivity index (χ2n) is 5.43. The first kappa shape index (κ1) is 11.0. The molecule has 1 heterocycles. The molecule has 1 aliphatic carbocycles. The average Bonchev–Trinajstić information content (AvgIpc) is 2.73. The van der Waals surface area contributed by atoms with E-state index in [0.717, 1.165) is 11.9 Å². The molecule has 0 spiro atoms. The monoisotopic (exact) mass is 246 g/mol. The van der Waals surface area contributed by atoms with Gasteiger partial charge in [-0.3, -0.25) is 10.1 Å². The summed E-state index contributed by atoms with van der Waals surface area (Å²) in [5.74, 6) is 0.682. The van der Waals surface area contributed by atoms with Crippen molar-refractivity contribution in [3.05, 3.63) is 28.3 Å².